The summed E-state index contributed by atoms with van der Waals surface area (Å²) in [6.45, 7) is 5.51. The summed E-state index contributed by atoms with van der Waals surface area (Å²) in [4.78, 5) is 30.2. The molecule has 6 nitrogen and oxygen atoms in total. The number of hydrogen-bond donors (Lipinski definition) is 1. The van der Waals surface area contributed by atoms with Crippen molar-refractivity contribution in [3.8, 4) is 0 Å². The molecule has 1 N–H and O–H groups in total. The van der Waals surface area contributed by atoms with Gasteiger partial charge in [0.25, 0.3) is 0 Å². The summed E-state index contributed by atoms with van der Waals surface area (Å²) < 4.78 is 0. The van der Waals surface area contributed by atoms with Gasteiger partial charge in [-0.2, -0.15) is 0 Å². The number of hydrogen-bond acceptors (Lipinski definition) is 5. The maximum atomic E-state index is 11.2. The molecule has 2 rings (SSSR count). The van der Waals surface area contributed by atoms with Gasteiger partial charge in [0, 0.05) is 38.5 Å². The zero-order valence-corrected chi connectivity index (χ0v) is 11.7. The van der Waals surface area contributed by atoms with Crippen molar-refractivity contribution in [3.05, 3.63) is 16.1 Å². The first-order valence-corrected chi connectivity index (χ1v) is 7.05. The van der Waals surface area contributed by atoms with Crippen LogP contribution in [0.15, 0.2) is 5.38 Å². The fourth-order valence-corrected chi connectivity index (χ4v) is 2.91. The summed E-state index contributed by atoms with van der Waals surface area (Å²) in [5, 5.41) is 11.4. The molecule has 0 unspecified atom stereocenters. The molecule has 0 radical (unpaired) electrons. The highest BCUT2D eigenvalue weighted by molar-refractivity contribution is 7.09. The number of carboxylic acids is 1. The highest BCUT2D eigenvalue weighted by atomic mass is 32.1. The predicted molar refractivity (Wildman–Crippen MR) is 71.0 cm³/mol. The smallest absolute Gasteiger partial charge is 0.309 e. The molecule has 1 amide bonds. The fourth-order valence-electron chi connectivity index (χ4n) is 2.07. The van der Waals surface area contributed by atoms with E-state index in [9.17, 15) is 9.59 Å². The summed E-state index contributed by atoms with van der Waals surface area (Å²) in [6, 6.07) is 0. The molecule has 1 aromatic heterocycles. The minimum Gasteiger partial charge on any atom is -0.481 e. The average molecular weight is 283 g/mol. The molecule has 0 bridgehead atoms. The van der Waals surface area contributed by atoms with Gasteiger partial charge in [-0.25, -0.2) is 4.98 Å². The average Bonchev–Trinajstić information content (AvgIpc) is 2.76. The summed E-state index contributed by atoms with van der Waals surface area (Å²) in [5.41, 5.74) is 0.620. The number of rotatable bonds is 4. The van der Waals surface area contributed by atoms with Crippen LogP contribution < -0.4 is 0 Å². The molecular weight excluding hydrogens is 266 g/mol. The highest BCUT2D eigenvalue weighted by Gasteiger charge is 2.19. The Morgan fingerprint density at radius 2 is 2.05 bits per heavy atom. The van der Waals surface area contributed by atoms with Gasteiger partial charge in [0.2, 0.25) is 5.91 Å². The molecule has 7 heteroatoms. The summed E-state index contributed by atoms with van der Waals surface area (Å²) in [5.74, 6) is -0.732. The first-order valence-electron chi connectivity index (χ1n) is 6.17. The molecule has 1 aliphatic heterocycles. The number of thiazole rings is 1. The van der Waals surface area contributed by atoms with Crippen molar-refractivity contribution >= 4 is 23.2 Å². The Hall–Kier alpha value is -1.47. The third-order valence-corrected chi connectivity index (χ3v) is 3.99. The molecule has 1 aliphatic rings. The van der Waals surface area contributed by atoms with Gasteiger partial charge in [0.05, 0.1) is 18.7 Å². The second-order valence-electron chi connectivity index (χ2n) is 4.59. The molecule has 0 spiro atoms. The lowest BCUT2D eigenvalue weighted by Crippen LogP contribution is -2.47. The van der Waals surface area contributed by atoms with E-state index in [1.807, 2.05) is 4.90 Å². The highest BCUT2D eigenvalue weighted by Crippen LogP contribution is 2.14. The Kier molecular flexibility index (Phi) is 4.49. The molecule has 19 heavy (non-hydrogen) atoms. The van der Waals surface area contributed by atoms with Crippen LogP contribution in [-0.2, 0) is 22.6 Å². The third kappa shape index (κ3) is 4.00. The number of piperazine rings is 1. The minimum atomic E-state index is -0.855. The van der Waals surface area contributed by atoms with E-state index >= 15 is 0 Å². The number of carbonyl (C=O) groups excluding carboxylic acids is 1. The van der Waals surface area contributed by atoms with Crippen LogP contribution in [0.25, 0.3) is 0 Å². The van der Waals surface area contributed by atoms with E-state index in [2.05, 4.69) is 9.88 Å². The first kappa shape index (κ1) is 14.0. The minimum absolute atomic E-state index is 0.0192. The Morgan fingerprint density at radius 3 is 2.63 bits per heavy atom. The lowest BCUT2D eigenvalue weighted by molar-refractivity contribution is -0.136. The second kappa shape index (κ2) is 6.12. The standard InChI is InChI=1S/C12H17N3O3S/c1-9(16)15-4-2-14(3-5-15)7-11-13-10(8-19-11)6-12(17)18/h8H,2-7H2,1H3,(H,17,18). The van der Waals surface area contributed by atoms with Crippen LogP contribution in [0.5, 0.6) is 0 Å². The van der Waals surface area contributed by atoms with Crippen molar-refractivity contribution in [2.45, 2.75) is 19.9 Å². The van der Waals surface area contributed by atoms with E-state index in [1.165, 1.54) is 11.3 Å². The number of carbonyl (C=O) groups is 2. The maximum Gasteiger partial charge on any atom is 0.309 e. The van der Waals surface area contributed by atoms with E-state index < -0.39 is 5.97 Å². The van der Waals surface area contributed by atoms with E-state index in [0.717, 1.165) is 37.7 Å². The molecule has 0 aromatic carbocycles. The zero-order valence-electron chi connectivity index (χ0n) is 10.8. The normalized spacial score (nSPS) is 16.6. The van der Waals surface area contributed by atoms with Crippen LogP contribution >= 0.6 is 11.3 Å². The molecule has 2 heterocycles. The van der Waals surface area contributed by atoms with Gasteiger partial charge >= 0.3 is 5.97 Å². The van der Waals surface area contributed by atoms with Crippen molar-refractivity contribution in [3.63, 3.8) is 0 Å². The van der Waals surface area contributed by atoms with Crippen LogP contribution in [0.4, 0.5) is 0 Å². The Bertz CT molecular complexity index is 467. The summed E-state index contributed by atoms with van der Waals surface area (Å²) >= 11 is 1.50. The van der Waals surface area contributed by atoms with Gasteiger partial charge < -0.3 is 10.0 Å². The molecule has 0 atom stereocenters. The summed E-state index contributed by atoms with van der Waals surface area (Å²) in [6.07, 6.45) is -0.0192. The van der Waals surface area contributed by atoms with E-state index in [4.69, 9.17) is 5.11 Å². The van der Waals surface area contributed by atoms with Crippen LogP contribution in [0.3, 0.4) is 0 Å². The Labute approximate surface area is 115 Å². The lowest BCUT2D eigenvalue weighted by atomic mass is 10.3. The Morgan fingerprint density at radius 1 is 1.37 bits per heavy atom. The van der Waals surface area contributed by atoms with Crippen LogP contribution in [-0.4, -0.2) is 57.9 Å². The van der Waals surface area contributed by atoms with Crippen LogP contribution in [0.2, 0.25) is 0 Å². The molecule has 1 aromatic rings. The largest absolute Gasteiger partial charge is 0.481 e. The SMILES string of the molecule is CC(=O)N1CCN(Cc2nc(CC(=O)O)cs2)CC1. The zero-order chi connectivity index (χ0) is 13.8. The van der Waals surface area contributed by atoms with Gasteiger partial charge in [0.1, 0.15) is 5.01 Å². The van der Waals surface area contributed by atoms with E-state index in [1.54, 1.807) is 12.3 Å². The van der Waals surface area contributed by atoms with Crippen LogP contribution in [0, 0.1) is 0 Å². The van der Waals surface area contributed by atoms with Crippen molar-refractivity contribution in [1.82, 2.24) is 14.8 Å². The maximum absolute atomic E-state index is 11.2. The number of carboxylic acid groups (broad SMARTS) is 1. The lowest BCUT2D eigenvalue weighted by Gasteiger charge is -2.33. The van der Waals surface area contributed by atoms with Crippen molar-refractivity contribution < 1.29 is 14.7 Å². The molecule has 0 aliphatic carbocycles. The first-order chi connectivity index (χ1) is 9.04. The molecular formula is C12H17N3O3S. The molecule has 0 saturated carbocycles. The van der Waals surface area contributed by atoms with E-state index in [-0.39, 0.29) is 12.3 Å². The monoisotopic (exact) mass is 283 g/mol. The number of amides is 1. The third-order valence-electron chi connectivity index (χ3n) is 3.11. The van der Waals surface area contributed by atoms with Gasteiger partial charge in [-0.3, -0.25) is 14.5 Å². The molecule has 1 fully saturated rings. The predicted octanol–water partition coefficient (Wildman–Crippen LogP) is 0.434. The fraction of sp³-hybridized carbons (Fsp3) is 0.583. The van der Waals surface area contributed by atoms with Gasteiger partial charge in [0.15, 0.2) is 0 Å². The van der Waals surface area contributed by atoms with E-state index in [0.29, 0.717) is 5.69 Å². The second-order valence-corrected chi connectivity index (χ2v) is 5.53. The molecule has 104 valence electrons. The molecule has 1 saturated heterocycles. The number of aliphatic carboxylic acids is 1. The van der Waals surface area contributed by atoms with Gasteiger partial charge in [-0.05, 0) is 0 Å². The summed E-state index contributed by atoms with van der Waals surface area (Å²) in [7, 11) is 0. The number of aromatic nitrogens is 1. The Balaban J connectivity index is 1.84. The van der Waals surface area contributed by atoms with Gasteiger partial charge in [-0.15, -0.1) is 11.3 Å². The van der Waals surface area contributed by atoms with Crippen molar-refractivity contribution in [1.29, 1.82) is 0 Å². The quantitative estimate of drug-likeness (QED) is 0.867. The topological polar surface area (TPSA) is 73.7 Å². The number of nitrogens with zero attached hydrogens (tertiary/aromatic N) is 3. The van der Waals surface area contributed by atoms with Crippen LogP contribution in [0.1, 0.15) is 17.6 Å². The van der Waals surface area contributed by atoms with Crippen molar-refractivity contribution in [2.75, 3.05) is 26.2 Å². The van der Waals surface area contributed by atoms with Gasteiger partial charge in [-0.1, -0.05) is 0 Å². The van der Waals surface area contributed by atoms with Crippen molar-refractivity contribution in [2.24, 2.45) is 0 Å².